The first kappa shape index (κ1) is 18.1. The van der Waals surface area contributed by atoms with Gasteiger partial charge in [-0.3, -0.25) is 4.79 Å². The third kappa shape index (κ3) is 3.72. The molecule has 0 aliphatic heterocycles. The number of benzene rings is 2. The van der Waals surface area contributed by atoms with Crippen LogP contribution in [0.1, 0.15) is 10.4 Å². The second-order valence-electron chi connectivity index (χ2n) is 5.92. The van der Waals surface area contributed by atoms with Crippen LogP contribution in [-0.2, 0) is 0 Å². The normalized spacial score (nSPS) is 10.9. The van der Waals surface area contributed by atoms with Gasteiger partial charge in [0.1, 0.15) is 11.6 Å². The molecule has 0 saturated heterocycles. The van der Waals surface area contributed by atoms with E-state index in [-0.39, 0.29) is 17.4 Å². The highest BCUT2D eigenvalue weighted by molar-refractivity contribution is 7.99. The van der Waals surface area contributed by atoms with E-state index in [2.05, 4.69) is 15.3 Å². The van der Waals surface area contributed by atoms with Crippen molar-refractivity contribution in [2.24, 2.45) is 0 Å². The number of methoxy groups -OCH3 is 1. The summed E-state index contributed by atoms with van der Waals surface area (Å²) in [4.78, 5) is 12.3. The highest BCUT2D eigenvalue weighted by Crippen LogP contribution is 2.24. The van der Waals surface area contributed by atoms with Gasteiger partial charge in [0, 0.05) is 11.1 Å². The molecule has 2 aromatic heterocycles. The molecule has 0 aliphatic rings. The molecule has 4 rings (SSSR count). The fourth-order valence-corrected chi connectivity index (χ4v) is 3.43. The van der Waals surface area contributed by atoms with Gasteiger partial charge in [0.15, 0.2) is 11.4 Å². The van der Waals surface area contributed by atoms with Gasteiger partial charge >= 0.3 is 0 Å². The number of nitrogens with zero attached hydrogens (tertiary/aromatic N) is 4. The van der Waals surface area contributed by atoms with Crippen molar-refractivity contribution < 1.29 is 13.9 Å². The van der Waals surface area contributed by atoms with Crippen molar-refractivity contribution >= 4 is 23.2 Å². The lowest BCUT2D eigenvalue weighted by Gasteiger charge is -2.05. The Morgan fingerprint density at radius 2 is 1.93 bits per heavy atom. The van der Waals surface area contributed by atoms with Crippen molar-refractivity contribution in [3.63, 3.8) is 0 Å². The standard InChI is InChI=1S/C20H15FN4O2S/c1-27-16-4-2-3-14(11-16)17-9-10-19-22-23-20(25(19)24-17)28-12-18(26)13-5-7-15(21)8-6-13/h2-11H,12H2,1H3. The summed E-state index contributed by atoms with van der Waals surface area (Å²) in [6.07, 6.45) is 0. The van der Waals surface area contributed by atoms with Crippen LogP contribution in [0.15, 0.2) is 65.8 Å². The van der Waals surface area contributed by atoms with Crippen LogP contribution in [0, 0.1) is 5.82 Å². The zero-order chi connectivity index (χ0) is 19.5. The smallest absolute Gasteiger partial charge is 0.212 e. The molecular formula is C20H15FN4O2S. The molecule has 0 N–H and O–H groups in total. The molecule has 2 heterocycles. The molecule has 140 valence electrons. The van der Waals surface area contributed by atoms with E-state index >= 15 is 0 Å². The largest absolute Gasteiger partial charge is 0.497 e. The zero-order valence-corrected chi connectivity index (χ0v) is 15.7. The summed E-state index contributed by atoms with van der Waals surface area (Å²) in [6.45, 7) is 0. The second kappa shape index (κ2) is 7.77. The van der Waals surface area contributed by atoms with Crippen LogP contribution in [0.3, 0.4) is 0 Å². The lowest BCUT2D eigenvalue weighted by atomic mass is 10.1. The molecular weight excluding hydrogens is 379 g/mol. The van der Waals surface area contributed by atoms with Crippen molar-refractivity contribution in [3.8, 4) is 17.0 Å². The van der Waals surface area contributed by atoms with E-state index in [0.717, 1.165) is 17.0 Å². The summed E-state index contributed by atoms with van der Waals surface area (Å²) in [6, 6.07) is 16.7. The molecule has 0 spiro atoms. The maximum Gasteiger partial charge on any atom is 0.212 e. The minimum absolute atomic E-state index is 0.120. The Kier molecular flexibility index (Phi) is 5.03. The fourth-order valence-electron chi connectivity index (χ4n) is 2.64. The van der Waals surface area contributed by atoms with Gasteiger partial charge in [-0.05, 0) is 48.5 Å². The number of ketones is 1. The topological polar surface area (TPSA) is 69.4 Å². The third-order valence-corrected chi connectivity index (χ3v) is 5.02. The molecule has 2 aromatic carbocycles. The van der Waals surface area contributed by atoms with Crippen molar-refractivity contribution in [1.82, 2.24) is 19.8 Å². The van der Waals surface area contributed by atoms with Crippen molar-refractivity contribution in [3.05, 3.63) is 72.0 Å². The maximum atomic E-state index is 13.0. The Hall–Kier alpha value is -3.26. The van der Waals surface area contributed by atoms with Crippen LogP contribution in [0.4, 0.5) is 4.39 Å². The summed E-state index contributed by atoms with van der Waals surface area (Å²) in [5.74, 6) is 0.396. The molecule has 6 nitrogen and oxygen atoms in total. The first-order valence-electron chi connectivity index (χ1n) is 8.42. The molecule has 0 fully saturated rings. The molecule has 4 aromatic rings. The number of thioether (sulfide) groups is 1. The van der Waals surface area contributed by atoms with E-state index in [0.29, 0.717) is 16.4 Å². The van der Waals surface area contributed by atoms with Gasteiger partial charge in [-0.2, -0.15) is 9.61 Å². The summed E-state index contributed by atoms with van der Waals surface area (Å²) in [7, 11) is 1.61. The number of carbonyl (C=O) groups excluding carboxylic acids is 1. The van der Waals surface area contributed by atoms with E-state index in [9.17, 15) is 9.18 Å². The highest BCUT2D eigenvalue weighted by Gasteiger charge is 2.13. The van der Waals surface area contributed by atoms with E-state index in [4.69, 9.17) is 4.74 Å². The molecule has 0 unspecified atom stereocenters. The second-order valence-corrected chi connectivity index (χ2v) is 6.86. The monoisotopic (exact) mass is 394 g/mol. The van der Waals surface area contributed by atoms with E-state index < -0.39 is 0 Å². The van der Waals surface area contributed by atoms with Gasteiger partial charge < -0.3 is 4.74 Å². The van der Waals surface area contributed by atoms with Crippen molar-refractivity contribution in [2.45, 2.75) is 5.16 Å². The number of ether oxygens (including phenoxy) is 1. The molecule has 0 aliphatic carbocycles. The van der Waals surface area contributed by atoms with E-state index in [1.54, 1.807) is 11.6 Å². The Labute approximate surface area is 164 Å². The van der Waals surface area contributed by atoms with Gasteiger partial charge in [0.25, 0.3) is 0 Å². The Morgan fingerprint density at radius 3 is 2.71 bits per heavy atom. The van der Waals surface area contributed by atoms with Crippen molar-refractivity contribution in [2.75, 3.05) is 12.9 Å². The zero-order valence-electron chi connectivity index (χ0n) is 14.9. The van der Waals surface area contributed by atoms with Crippen LogP contribution < -0.4 is 4.74 Å². The number of aromatic nitrogens is 4. The molecule has 0 radical (unpaired) electrons. The molecule has 0 saturated carbocycles. The lowest BCUT2D eigenvalue weighted by Crippen LogP contribution is -2.04. The Bertz CT molecular complexity index is 1140. The molecule has 0 bridgehead atoms. The van der Waals surface area contributed by atoms with Crippen LogP contribution in [0.25, 0.3) is 16.9 Å². The Morgan fingerprint density at radius 1 is 1.11 bits per heavy atom. The number of rotatable bonds is 6. The van der Waals surface area contributed by atoms with Crippen LogP contribution in [0.2, 0.25) is 0 Å². The minimum atomic E-state index is -0.373. The average molecular weight is 394 g/mol. The van der Waals surface area contributed by atoms with Crippen LogP contribution in [-0.4, -0.2) is 38.5 Å². The van der Waals surface area contributed by atoms with Crippen LogP contribution >= 0.6 is 11.8 Å². The van der Waals surface area contributed by atoms with Gasteiger partial charge in [0.05, 0.1) is 18.6 Å². The third-order valence-electron chi connectivity index (χ3n) is 4.10. The summed E-state index contributed by atoms with van der Waals surface area (Å²) >= 11 is 1.23. The summed E-state index contributed by atoms with van der Waals surface area (Å²) in [5, 5.41) is 13.3. The first-order chi connectivity index (χ1) is 13.6. The maximum absolute atomic E-state index is 13.0. The van der Waals surface area contributed by atoms with Gasteiger partial charge in [-0.1, -0.05) is 23.9 Å². The molecule has 28 heavy (non-hydrogen) atoms. The molecule has 8 heteroatoms. The first-order valence-corrected chi connectivity index (χ1v) is 9.41. The number of fused-ring (bicyclic) bond motifs is 1. The van der Waals surface area contributed by atoms with Crippen molar-refractivity contribution in [1.29, 1.82) is 0 Å². The van der Waals surface area contributed by atoms with Gasteiger partial charge in [0.2, 0.25) is 5.16 Å². The predicted molar refractivity (Wildman–Crippen MR) is 104 cm³/mol. The number of hydrogen-bond acceptors (Lipinski definition) is 6. The Balaban J connectivity index is 1.57. The van der Waals surface area contributed by atoms with E-state index in [1.165, 1.54) is 36.0 Å². The number of carbonyl (C=O) groups is 1. The fraction of sp³-hybridized carbons (Fsp3) is 0.100. The van der Waals surface area contributed by atoms with Gasteiger partial charge in [-0.15, -0.1) is 10.2 Å². The predicted octanol–water partition coefficient (Wildman–Crippen LogP) is 3.91. The average Bonchev–Trinajstić information content (AvgIpc) is 3.15. The number of hydrogen-bond donors (Lipinski definition) is 0. The molecule has 0 atom stereocenters. The number of Topliss-reactive ketones (excluding diaryl/α,β-unsaturated/α-hetero) is 1. The SMILES string of the molecule is COc1cccc(-c2ccc3nnc(SCC(=O)c4ccc(F)cc4)n3n2)c1. The minimum Gasteiger partial charge on any atom is -0.497 e. The van der Waals surface area contributed by atoms with Gasteiger partial charge in [-0.25, -0.2) is 4.39 Å². The number of halogens is 1. The summed E-state index contributed by atoms with van der Waals surface area (Å²) < 4.78 is 19.9. The lowest BCUT2D eigenvalue weighted by molar-refractivity contribution is 0.102. The summed E-state index contributed by atoms with van der Waals surface area (Å²) in [5.41, 5.74) is 2.67. The molecule has 0 amide bonds. The highest BCUT2D eigenvalue weighted by atomic mass is 32.2. The van der Waals surface area contributed by atoms with Crippen LogP contribution in [0.5, 0.6) is 5.75 Å². The van der Waals surface area contributed by atoms with E-state index in [1.807, 2.05) is 36.4 Å². The quantitative estimate of drug-likeness (QED) is 0.365.